The van der Waals surface area contributed by atoms with Gasteiger partial charge in [0.1, 0.15) is 5.75 Å². The summed E-state index contributed by atoms with van der Waals surface area (Å²) in [4.78, 5) is 26.2. The van der Waals surface area contributed by atoms with Gasteiger partial charge < -0.3 is 19.7 Å². The number of para-hydroxylation sites is 1. The topological polar surface area (TPSA) is 67.9 Å². The maximum Gasteiger partial charge on any atom is 0.264 e. The van der Waals surface area contributed by atoms with Gasteiger partial charge in [-0.05, 0) is 54.5 Å². The Kier molecular flexibility index (Phi) is 4.94. The first-order valence-corrected chi connectivity index (χ1v) is 9.53. The molecule has 4 rings (SSSR count). The van der Waals surface area contributed by atoms with Gasteiger partial charge in [0.25, 0.3) is 5.91 Å². The molecule has 28 heavy (non-hydrogen) atoms. The van der Waals surface area contributed by atoms with Gasteiger partial charge in [0, 0.05) is 13.5 Å². The Bertz CT molecular complexity index is 890. The summed E-state index contributed by atoms with van der Waals surface area (Å²) in [5.74, 6) is 1.94. The molecule has 6 nitrogen and oxygen atoms in total. The van der Waals surface area contributed by atoms with Crippen LogP contribution in [0.3, 0.4) is 0 Å². The number of hydrogen-bond acceptors (Lipinski definition) is 4. The predicted octanol–water partition coefficient (Wildman–Crippen LogP) is 3.57. The molecule has 0 saturated heterocycles. The van der Waals surface area contributed by atoms with Crippen molar-refractivity contribution in [2.75, 3.05) is 31.0 Å². The molecule has 0 spiro atoms. The summed E-state index contributed by atoms with van der Waals surface area (Å²) in [7, 11) is 3.36. The Hall–Kier alpha value is -3.02. The fourth-order valence-electron chi connectivity index (χ4n) is 3.71. The minimum absolute atomic E-state index is 0.0209. The van der Waals surface area contributed by atoms with Crippen molar-refractivity contribution in [2.45, 2.75) is 25.2 Å². The molecule has 2 amide bonds. The van der Waals surface area contributed by atoms with Gasteiger partial charge in [0.15, 0.2) is 12.4 Å². The molecule has 6 heteroatoms. The van der Waals surface area contributed by atoms with E-state index in [1.807, 2.05) is 36.4 Å². The molecule has 1 fully saturated rings. The third-order valence-electron chi connectivity index (χ3n) is 5.48. The molecule has 1 saturated carbocycles. The second-order valence-electron chi connectivity index (χ2n) is 7.36. The lowest BCUT2D eigenvalue weighted by Gasteiger charge is -2.27. The summed E-state index contributed by atoms with van der Waals surface area (Å²) < 4.78 is 10.8. The Morgan fingerprint density at radius 3 is 2.68 bits per heavy atom. The number of rotatable bonds is 6. The lowest BCUT2D eigenvalue weighted by atomic mass is 9.90. The Morgan fingerprint density at radius 2 is 2.00 bits per heavy atom. The highest BCUT2D eigenvalue weighted by molar-refractivity contribution is 6.01. The molecule has 2 aliphatic rings. The molecule has 2 aromatic carbocycles. The SMILES string of the molecule is COc1ccc(C(CC(=O)Nc2cccc3c2OCC(=O)N3C)C2CC2)cc1. The molecule has 1 aliphatic heterocycles. The standard InChI is InChI=1S/C22H24N2O4/c1-24-19-5-3-4-18(22(19)28-13-21(24)26)23-20(25)12-17(14-6-7-14)15-8-10-16(27-2)11-9-15/h3-5,8-11,14,17H,6-7,12-13H2,1-2H3,(H,23,25). The first kappa shape index (κ1) is 18.3. The number of methoxy groups -OCH3 is 1. The molecule has 1 atom stereocenters. The first-order chi connectivity index (χ1) is 13.6. The maximum absolute atomic E-state index is 12.8. The minimum atomic E-state index is -0.107. The summed E-state index contributed by atoms with van der Waals surface area (Å²) in [6.07, 6.45) is 2.72. The minimum Gasteiger partial charge on any atom is -0.497 e. The number of anilines is 2. The van der Waals surface area contributed by atoms with Gasteiger partial charge in [-0.25, -0.2) is 0 Å². The highest BCUT2D eigenvalue weighted by Gasteiger charge is 2.34. The van der Waals surface area contributed by atoms with Crippen LogP contribution in [0.15, 0.2) is 42.5 Å². The Morgan fingerprint density at radius 1 is 1.25 bits per heavy atom. The zero-order valence-corrected chi connectivity index (χ0v) is 16.1. The number of carbonyl (C=O) groups excluding carboxylic acids is 2. The van der Waals surface area contributed by atoms with E-state index in [1.54, 1.807) is 25.1 Å². The fraction of sp³-hybridized carbons (Fsp3) is 0.364. The van der Waals surface area contributed by atoms with Crippen LogP contribution < -0.4 is 19.7 Å². The summed E-state index contributed by atoms with van der Waals surface area (Å²) in [6, 6.07) is 13.4. The van der Waals surface area contributed by atoms with Gasteiger partial charge in [0.05, 0.1) is 18.5 Å². The van der Waals surface area contributed by atoms with E-state index >= 15 is 0 Å². The molecular weight excluding hydrogens is 356 g/mol. The number of likely N-dealkylation sites (N-methyl/N-ethyl adjacent to an activating group) is 1. The molecule has 1 unspecified atom stereocenters. The van der Waals surface area contributed by atoms with Crippen LogP contribution in [0, 0.1) is 5.92 Å². The number of ether oxygens (including phenoxy) is 2. The summed E-state index contributed by atoms with van der Waals surface area (Å²) >= 11 is 0. The number of carbonyl (C=O) groups is 2. The van der Waals surface area contributed by atoms with Crippen molar-refractivity contribution in [3.05, 3.63) is 48.0 Å². The van der Waals surface area contributed by atoms with E-state index in [-0.39, 0.29) is 24.3 Å². The van der Waals surface area contributed by atoms with Crippen molar-refractivity contribution in [1.82, 2.24) is 0 Å². The summed E-state index contributed by atoms with van der Waals surface area (Å²) in [5, 5.41) is 2.98. The molecular formula is C22H24N2O4. The van der Waals surface area contributed by atoms with Crippen LogP contribution in [-0.4, -0.2) is 32.6 Å². The quantitative estimate of drug-likeness (QED) is 0.832. The van der Waals surface area contributed by atoms with Crippen molar-refractivity contribution in [3.8, 4) is 11.5 Å². The molecule has 0 radical (unpaired) electrons. The van der Waals surface area contributed by atoms with Crippen LogP contribution in [0.1, 0.15) is 30.7 Å². The number of benzene rings is 2. The highest BCUT2D eigenvalue weighted by Crippen LogP contribution is 2.45. The second kappa shape index (κ2) is 7.54. The van der Waals surface area contributed by atoms with Gasteiger partial charge in [-0.1, -0.05) is 18.2 Å². The maximum atomic E-state index is 12.8. The Labute approximate surface area is 164 Å². The average molecular weight is 380 g/mol. The summed E-state index contributed by atoms with van der Waals surface area (Å²) in [5.41, 5.74) is 2.43. The molecule has 1 aliphatic carbocycles. The van der Waals surface area contributed by atoms with Crippen molar-refractivity contribution < 1.29 is 19.1 Å². The first-order valence-electron chi connectivity index (χ1n) is 9.53. The third-order valence-corrected chi connectivity index (χ3v) is 5.48. The number of nitrogens with zero attached hydrogens (tertiary/aromatic N) is 1. The predicted molar refractivity (Wildman–Crippen MR) is 107 cm³/mol. The highest BCUT2D eigenvalue weighted by atomic mass is 16.5. The molecule has 146 valence electrons. The molecule has 1 N–H and O–H groups in total. The second-order valence-corrected chi connectivity index (χ2v) is 7.36. The van der Waals surface area contributed by atoms with E-state index in [9.17, 15) is 9.59 Å². The van der Waals surface area contributed by atoms with Crippen molar-refractivity contribution >= 4 is 23.2 Å². The van der Waals surface area contributed by atoms with Crippen molar-refractivity contribution in [2.24, 2.45) is 5.92 Å². The van der Waals surface area contributed by atoms with Gasteiger partial charge in [-0.3, -0.25) is 9.59 Å². The van der Waals surface area contributed by atoms with Crippen LogP contribution in [0.25, 0.3) is 0 Å². The van der Waals surface area contributed by atoms with E-state index < -0.39 is 0 Å². The molecule has 1 heterocycles. The third kappa shape index (κ3) is 3.67. The van der Waals surface area contributed by atoms with Crippen molar-refractivity contribution in [3.63, 3.8) is 0 Å². The molecule has 0 aromatic heterocycles. The van der Waals surface area contributed by atoms with Crippen LogP contribution in [0.2, 0.25) is 0 Å². The van der Waals surface area contributed by atoms with Gasteiger partial charge in [-0.15, -0.1) is 0 Å². The largest absolute Gasteiger partial charge is 0.497 e. The van der Waals surface area contributed by atoms with Gasteiger partial charge in [-0.2, -0.15) is 0 Å². The fourth-order valence-corrected chi connectivity index (χ4v) is 3.71. The van der Waals surface area contributed by atoms with E-state index in [0.717, 1.165) is 24.2 Å². The van der Waals surface area contributed by atoms with Crippen LogP contribution in [0.5, 0.6) is 11.5 Å². The molecule has 0 bridgehead atoms. The summed E-state index contributed by atoms with van der Waals surface area (Å²) in [6.45, 7) is -0.0209. The van der Waals surface area contributed by atoms with E-state index in [1.165, 1.54) is 0 Å². The lowest BCUT2D eigenvalue weighted by Crippen LogP contribution is -2.35. The van der Waals surface area contributed by atoms with Crippen LogP contribution in [-0.2, 0) is 9.59 Å². The van der Waals surface area contributed by atoms with E-state index in [0.29, 0.717) is 29.5 Å². The Balaban J connectivity index is 1.50. The van der Waals surface area contributed by atoms with Crippen molar-refractivity contribution in [1.29, 1.82) is 0 Å². The molecule has 2 aromatic rings. The zero-order chi connectivity index (χ0) is 19.7. The van der Waals surface area contributed by atoms with Crippen LogP contribution in [0.4, 0.5) is 11.4 Å². The normalized spacial score (nSPS) is 16.8. The lowest BCUT2D eigenvalue weighted by molar-refractivity contribution is -0.121. The van der Waals surface area contributed by atoms with Gasteiger partial charge >= 0.3 is 0 Å². The zero-order valence-electron chi connectivity index (χ0n) is 16.1. The number of hydrogen-bond donors (Lipinski definition) is 1. The van der Waals surface area contributed by atoms with E-state index in [4.69, 9.17) is 9.47 Å². The number of amides is 2. The smallest absolute Gasteiger partial charge is 0.264 e. The monoisotopic (exact) mass is 380 g/mol. The number of fused-ring (bicyclic) bond motifs is 1. The number of nitrogens with one attached hydrogen (secondary N) is 1. The van der Waals surface area contributed by atoms with Gasteiger partial charge in [0.2, 0.25) is 5.91 Å². The van der Waals surface area contributed by atoms with E-state index in [2.05, 4.69) is 5.32 Å². The van der Waals surface area contributed by atoms with Crippen LogP contribution >= 0.6 is 0 Å². The average Bonchev–Trinajstić information content (AvgIpc) is 3.55.